The number of nitrogens with one attached hydrogen (secondary N) is 1. The zero-order valence-electron chi connectivity index (χ0n) is 15.3. The van der Waals surface area contributed by atoms with Crippen molar-refractivity contribution >= 4 is 17.5 Å². The average Bonchev–Trinajstić information content (AvgIpc) is 2.59. The summed E-state index contributed by atoms with van der Waals surface area (Å²) < 4.78 is 0. The van der Waals surface area contributed by atoms with E-state index in [-0.39, 0.29) is 23.8 Å². The van der Waals surface area contributed by atoms with Crippen LogP contribution in [0, 0.1) is 5.92 Å². The second-order valence-electron chi connectivity index (χ2n) is 7.23. The first kappa shape index (κ1) is 17.8. The van der Waals surface area contributed by atoms with E-state index < -0.39 is 0 Å². The number of benzene rings is 1. The molecule has 2 aliphatic rings. The fourth-order valence-corrected chi connectivity index (χ4v) is 3.53. The Morgan fingerprint density at radius 2 is 1.84 bits per heavy atom. The lowest BCUT2D eigenvalue weighted by Crippen LogP contribution is -2.47. The summed E-state index contributed by atoms with van der Waals surface area (Å²) in [6.45, 7) is 4.42. The van der Waals surface area contributed by atoms with Crippen LogP contribution in [0.2, 0.25) is 0 Å². The number of carbonyl (C=O) groups excluding carboxylic acids is 2. The summed E-state index contributed by atoms with van der Waals surface area (Å²) in [6.07, 6.45) is 5.15. The summed E-state index contributed by atoms with van der Waals surface area (Å²) in [5.41, 5.74) is 1.78. The Kier molecular flexibility index (Phi) is 5.61. The van der Waals surface area contributed by atoms with Crippen LogP contribution in [0.15, 0.2) is 24.3 Å². The highest BCUT2D eigenvalue weighted by molar-refractivity contribution is 5.99. The van der Waals surface area contributed by atoms with Gasteiger partial charge in [-0.25, -0.2) is 0 Å². The number of piperidine rings is 1. The molecule has 1 N–H and O–H groups in total. The maximum absolute atomic E-state index is 12.6. The standard InChI is InChI=1S/C20H29N3O2/c1-3-22(2)20(25)17-9-4-5-10-18(17)23-13-11-16(12-14-23)21-19(24)15-7-6-8-15/h4-5,9-10,15-16H,3,6-8,11-14H2,1-2H3,(H,21,24). The van der Waals surface area contributed by atoms with Gasteiger partial charge in [0.15, 0.2) is 0 Å². The van der Waals surface area contributed by atoms with Crippen molar-refractivity contribution in [3.63, 3.8) is 0 Å². The summed E-state index contributed by atoms with van der Waals surface area (Å²) in [5, 5.41) is 3.22. The number of nitrogens with zero attached hydrogens (tertiary/aromatic N) is 2. The summed E-state index contributed by atoms with van der Waals surface area (Å²) in [6, 6.07) is 8.12. The van der Waals surface area contributed by atoms with Crippen LogP contribution in [-0.4, -0.2) is 49.4 Å². The van der Waals surface area contributed by atoms with Gasteiger partial charge in [0.05, 0.1) is 5.56 Å². The lowest BCUT2D eigenvalue weighted by molar-refractivity contribution is -0.128. The molecule has 5 heteroatoms. The molecule has 1 saturated heterocycles. The van der Waals surface area contributed by atoms with Gasteiger partial charge >= 0.3 is 0 Å². The Labute approximate surface area is 150 Å². The Morgan fingerprint density at radius 1 is 1.16 bits per heavy atom. The monoisotopic (exact) mass is 343 g/mol. The molecule has 136 valence electrons. The molecule has 25 heavy (non-hydrogen) atoms. The minimum Gasteiger partial charge on any atom is -0.371 e. The van der Waals surface area contributed by atoms with Crippen molar-refractivity contribution in [1.82, 2.24) is 10.2 Å². The molecule has 2 fully saturated rings. The van der Waals surface area contributed by atoms with E-state index in [4.69, 9.17) is 0 Å². The lowest BCUT2D eigenvalue weighted by Gasteiger charge is -2.36. The summed E-state index contributed by atoms with van der Waals surface area (Å²) in [5.74, 6) is 0.560. The largest absolute Gasteiger partial charge is 0.371 e. The van der Waals surface area contributed by atoms with Crippen LogP contribution in [-0.2, 0) is 4.79 Å². The number of hydrogen-bond acceptors (Lipinski definition) is 3. The minimum atomic E-state index is 0.0681. The summed E-state index contributed by atoms with van der Waals surface area (Å²) in [7, 11) is 1.83. The molecule has 2 amide bonds. The fourth-order valence-electron chi connectivity index (χ4n) is 3.53. The SMILES string of the molecule is CCN(C)C(=O)c1ccccc1N1CCC(NC(=O)C2CCC2)CC1. The van der Waals surface area contributed by atoms with Gasteiger partial charge in [0.1, 0.15) is 0 Å². The maximum Gasteiger partial charge on any atom is 0.255 e. The van der Waals surface area contributed by atoms with Crippen LogP contribution >= 0.6 is 0 Å². The Bertz CT molecular complexity index is 619. The predicted molar refractivity (Wildman–Crippen MR) is 99.8 cm³/mol. The molecule has 0 radical (unpaired) electrons. The van der Waals surface area contributed by atoms with Crippen molar-refractivity contribution in [2.24, 2.45) is 5.92 Å². The van der Waals surface area contributed by atoms with Gasteiger partial charge in [-0.1, -0.05) is 18.6 Å². The molecular weight excluding hydrogens is 314 g/mol. The number of carbonyl (C=O) groups is 2. The molecule has 1 heterocycles. The summed E-state index contributed by atoms with van der Waals surface area (Å²) in [4.78, 5) is 28.7. The molecule has 1 saturated carbocycles. The van der Waals surface area contributed by atoms with Gasteiger partial charge in [-0.3, -0.25) is 9.59 Å². The van der Waals surface area contributed by atoms with E-state index in [1.54, 1.807) is 4.90 Å². The molecule has 0 atom stereocenters. The van der Waals surface area contributed by atoms with Crippen molar-refractivity contribution in [3.05, 3.63) is 29.8 Å². The van der Waals surface area contributed by atoms with E-state index in [1.165, 1.54) is 6.42 Å². The second-order valence-corrected chi connectivity index (χ2v) is 7.23. The van der Waals surface area contributed by atoms with Crippen molar-refractivity contribution in [2.75, 3.05) is 31.6 Å². The molecule has 1 aromatic rings. The topological polar surface area (TPSA) is 52.7 Å². The summed E-state index contributed by atoms with van der Waals surface area (Å²) >= 11 is 0. The maximum atomic E-state index is 12.6. The normalized spacial score (nSPS) is 18.6. The molecule has 1 aromatic carbocycles. The van der Waals surface area contributed by atoms with E-state index in [0.717, 1.165) is 50.0 Å². The highest BCUT2D eigenvalue weighted by atomic mass is 16.2. The van der Waals surface area contributed by atoms with Gasteiger partial charge in [-0.2, -0.15) is 0 Å². The number of para-hydroxylation sites is 1. The molecule has 3 rings (SSSR count). The van der Waals surface area contributed by atoms with Gasteiger partial charge in [-0.05, 0) is 44.7 Å². The van der Waals surface area contributed by atoms with E-state index in [2.05, 4.69) is 10.2 Å². The zero-order valence-corrected chi connectivity index (χ0v) is 15.3. The number of anilines is 1. The fraction of sp³-hybridized carbons (Fsp3) is 0.600. The van der Waals surface area contributed by atoms with Gasteiger partial charge in [-0.15, -0.1) is 0 Å². The first-order chi connectivity index (χ1) is 12.1. The first-order valence-electron chi connectivity index (χ1n) is 9.50. The van der Waals surface area contributed by atoms with Crippen LogP contribution in [0.4, 0.5) is 5.69 Å². The third-order valence-electron chi connectivity index (χ3n) is 5.61. The molecule has 0 bridgehead atoms. The van der Waals surface area contributed by atoms with Crippen LogP contribution < -0.4 is 10.2 Å². The highest BCUT2D eigenvalue weighted by Crippen LogP contribution is 2.28. The van der Waals surface area contributed by atoms with Gasteiger partial charge < -0.3 is 15.1 Å². The number of rotatable bonds is 5. The smallest absolute Gasteiger partial charge is 0.255 e. The van der Waals surface area contributed by atoms with Crippen molar-refractivity contribution in [2.45, 2.75) is 45.1 Å². The molecular formula is C20H29N3O2. The zero-order chi connectivity index (χ0) is 17.8. The molecule has 0 unspecified atom stereocenters. The quantitative estimate of drug-likeness (QED) is 0.894. The van der Waals surface area contributed by atoms with Gasteiger partial charge in [0.25, 0.3) is 5.91 Å². The van der Waals surface area contributed by atoms with Crippen molar-refractivity contribution in [1.29, 1.82) is 0 Å². The minimum absolute atomic E-state index is 0.0681. The Morgan fingerprint density at radius 3 is 2.44 bits per heavy atom. The lowest BCUT2D eigenvalue weighted by atomic mass is 9.84. The molecule has 1 aliphatic heterocycles. The van der Waals surface area contributed by atoms with Crippen molar-refractivity contribution in [3.8, 4) is 0 Å². The molecule has 5 nitrogen and oxygen atoms in total. The number of hydrogen-bond donors (Lipinski definition) is 1. The third kappa shape index (κ3) is 3.97. The van der Waals surface area contributed by atoms with Gasteiger partial charge in [0.2, 0.25) is 5.91 Å². The first-order valence-corrected chi connectivity index (χ1v) is 9.50. The van der Waals surface area contributed by atoms with Crippen LogP contribution in [0.3, 0.4) is 0 Å². The molecule has 0 spiro atoms. The highest BCUT2D eigenvalue weighted by Gasteiger charge is 2.29. The number of amides is 2. The molecule has 0 aromatic heterocycles. The predicted octanol–water partition coefficient (Wildman–Crippen LogP) is 2.66. The Balaban J connectivity index is 1.61. The molecule has 1 aliphatic carbocycles. The van der Waals surface area contributed by atoms with Crippen LogP contribution in [0.1, 0.15) is 49.4 Å². The average molecular weight is 343 g/mol. The van der Waals surface area contributed by atoms with E-state index in [9.17, 15) is 9.59 Å². The van der Waals surface area contributed by atoms with Crippen molar-refractivity contribution < 1.29 is 9.59 Å². The van der Waals surface area contributed by atoms with E-state index >= 15 is 0 Å². The van der Waals surface area contributed by atoms with Gasteiger partial charge in [0, 0.05) is 44.3 Å². The van der Waals surface area contributed by atoms with E-state index in [1.807, 2.05) is 38.2 Å². The second kappa shape index (κ2) is 7.89. The van der Waals surface area contributed by atoms with Crippen LogP contribution in [0.5, 0.6) is 0 Å². The third-order valence-corrected chi connectivity index (χ3v) is 5.61. The van der Waals surface area contributed by atoms with Crippen LogP contribution in [0.25, 0.3) is 0 Å². The Hall–Kier alpha value is -2.04. The van der Waals surface area contributed by atoms with E-state index in [0.29, 0.717) is 6.54 Å².